The standard InChI is InChI=1S/C16H15NO4/c18-15(13-7-8-14(21-13)16(19)20)17-9-3-6-11-4-1-2-5-12(11)10-17/h1-2,4-5,7-8H,3,6,9-10H2,(H,19,20). The van der Waals surface area contributed by atoms with Crippen LogP contribution >= 0.6 is 0 Å². The fourth-order valence-corrected chi connectivity index (χ4v) is 2.60. The van der Waals surface area contributed by atoms with E-state index >= 15 is 0 Å². The first kappa shape index (κ1) is 13.4. The molecule has 21 heavy (non-hydrogen) atoms. The van der Waals surface area contributed by atoms with Crippen molar-refractivity contribution in [3.05, 3.63) is 59.0 Å². The van der Waals surface area contributed by atoms with Crippen molar-refractivity contribution in [2.24, 2.45) is 0 Å². The highest BCUT2D eigenvalue weighted by Gasteiger charge is 2.23. The van der Waals surface area contributed by atoms with Gasteiger partial charge in [0, 0.05) is 13.1 Å². The highest BCUT2D eigenvalue weighted by atomic mass is 16.4. The molecule has 5 heteroatoms. The topological polar surface area (TPSA) is 70.8 Å². The molecule has 0 saturated carbocycles. The van der Waals surface area contributed by atoms with Crippen molar-refractivity contribution in [1.29, 1.82) is 0 Å². The van der Waals surface area contributed by atoms with Crippen molar-refractivity contribution in [1.82, 2.24) is 4.90 Å². The van der Waals surface area contributed by atoms with E-state index in [9.17, 15) is 9.59 Å². The van der Waals surface area contributed by atoms with Crippen LogP contribution in [-0.4, -0.2) is 28.4 Å². The number of carboxylic acids is 1. The van der Waals surface area contributed by atoms with E-state index in [-0.39, 0.29) is 17.4 Å². The molecule has 0 fully saturated rings. The van der Waals surface area contributed by atoms with Gasteiger partial charge in [-0.2, -0.15) is 0 Å². The summed E-state index contributed by atoms with van der Waals surface area (Å²) in [7, 11) is 0. The molecule has 5 nitrogen and oxygen atoms in total. The third kappa shape index (κ3) is 2.67. The molecule has 2 aromatic rings. The number of carbonyl (C=O) groups is 2. The van der Waals surface area contributed by atoms with Gasteiger partial charge in [-0.1, -0.05) is 24.3 Å². The first-order valence-corrected chi connectivity index (χ1v) is 6.84. The Bertz CT molecular complexity index is 689. The smallest absolute Gasteiger partial charge is 0.371 e. The quantitative estimate of drug-likeness (QED) is 0.920. The minimum Gasteiger partial charge on any atom is -0.475 e. The minimum absolute atomic E-state index is 0.0757. The SMILES string of the molecule is O=C(O)c1ccc(C(=O)N2CCCc3ccccc3C2)o1. The van der Waals surface area contributed by atoms with Crippen molar-refractivity contribution in [2.45, 2.75) is 19.4 Å². The maximum atomic E-state index is 12.4. The van der Waals surface area contributed by atoms with Gasteiger partial charge in [0.2, 0.25) is 5.76 Å². The van der Waals surface area contributed by atoms with E-state index in [1.165, 1.54) is 17.7 Å². The second-order valence-electron chi connectivity index (χ2n) is 5.07. The molecule has 1 amide bonds. The van der Waals surface area contributed by atoms with E-state index in [1.54, 1.807) is 4.90 Å². The second kappa shape index (κ2) is 5.44. The summed E-state index contributed by atoms with van der Waals surface area (Å²) < 4.78 is 5.10. The van der Waals surface area contributed by atoms with Crippen molar-refractivity contribution < 1.29 is 19.1 Å². The van der Waals surface area contributed by atoms with Gasteiger partial charge in [0.25, 0.3) is 5.91 Å². The predicted molar refractivity (Wildman–Crippen MR) is 75.2 cm³/mol. The van der Waals surface area contributed by atoms with Crippen LogP contribution in [0.15, 0.2) is 40.8 Å². The molecule has 0 unspecified atom stereocenters. The van der Waals surface area contributed by atoms with Gasteiger partial charge in [0.1, 0.15) is 0 Å². The second-order valence-corrected chi connectivity index (χ2v) is 5.07. The number of hydrogen-bond acceptors (Lipinski definition) is 3. The molecule has 0 aliphatic carbocycles. The highest BCUT2D eigenvalue weighted by molar-refractivity contribution is 5.93. The number of furan rings is 1. The molecule has 0 spiro atoms. The Morgan fingerprint density at radius 1 is 1.05 bits per heavy atom. The average Bonchev–Trinajstić information content (AvgIpc) is 2.87. The Kier molecular flexibility index (Phi) is 3.48. The Labute approximate surface area is 121 Å². The summed E-state index contributed by atoms with van der Waals surface area (Å²) in [6.45, 7) is 1.16. The maximum absolute atomic E-state index is 12.4. The lowest BCUT2D eigenvalue weighted by atomic mass is 10.0. The fraction of sp³-hybridized carbons (Fsp3) is 0.250. The summed E-state index contributed by atoms with van der Waals surface area (Å²) in [5.74, 6) is -1.57. The number of fused-ring (bicyclic) bond motifs is 1. The Hall–Kier alpha value is -2.56. The van der Waals surface area contributed by atoms with E-state index in [0.717, 1.165) is 18.4 Å². The zero-order valence-electron chi connectivity index (χ0n) is 11.4. The molecule has 0 atom stereocenters. The number of benzene rings is 1. The molecule has 1 aliphatic rings. The summed E-state index contributed by atoms with van der Waals surface area (Å²) >= 11 is 0. The highest BCUT2D eigenvalue weighted by Crippen LogP contribution is 2.20. The largest absolute Gasteiger partial charge is 0.475 e. The van der Waals surface area contributed by atoms with Crippen LogP contribution in [0.2, 0.25) is 0 Å². The number of aryl methyl sites for hydroxylation is 1. The molecule has 1 aromatic carbocycles. The van der Waals surface area contributed by atoms with E-state index in [2.05, 4.69) is 6.07 Å². The van der Waals surface area contributed by atoms with Crippen LogP contribution < -0.4 is 0 Å². The summed E-state index contributed by atoms with van der Waals surface area (Å²) in [6, 6.07) is 10.8. The molecule has 0 saturated heterocycles. The molecule has 108 valence electrons. The van der Waals surface area contributed by atoms with Gasteiger partial charge >= 0.3 is 5.97 Å². The monoisotopic (exact) mass is 285 g/mol. The molecular weight excluding hydrogens is 270 g/mol. The van der Waals surface area contributed by atoms with Crippen LogP contribution in [-0.2, 0) is 13.0 Å². The van der Waals surface area contributed by atoms with Gasteiger partial charge < -0.3 is 14.4 Å². The number of nitrogens with zero attached hydrogens (tertiary/aromatic N) is 1. The average molecular weight is 285 g/mol. The predicted octanol–water partition coefficient (Wildman–Crippen LogP) is 2.57. The number of carboxylic acid groups (broad SMARTS) is 1. The van der Waals surface area contributed by atoms with Crippen molar-refractivity contribution >= 4 is 11.9 Å². The number of rotatable bonds is 2. The number of carbonyl (C=O) groups excluding carboxylic acids is 1. The van der Waals surface area contributed by atoms with Gasteiger partial charge in [0.05, 0.1) is 0 Å². The van der Waals surface area contributed by atoms with Crippen LogP contribution in [0.4, 0.5) is 0 Å². The van der Waals surface area contributed by atoms with Crippen molar-refractivity contribution in [2.75, 3.05) is 6.54 Å². The van der Waals surface area contributed by atoms with Gasteiger partial charge in [-0.15, -0.1) is 0 Å². The van der Waals surface area contributed by atoms with E-state index in [0.29, 0.717) is 13.1 Å². The lowest BCUT2D eigenvalue weighted by molar-refractivity contribution is 0.0647. The van der Waals surface area contributed by atoms with Gasteiger partial charge in [-0.25, -0.2) is 4.79 Å². The third-order valence-corrected chi connectivity index (χ3v) is 3.67. The van der Waals surface area contributed by atoms with Crippen LogP contribution in [0, 0.1) is 0 Å². The molecule has 2 heterocycles. The van der Waals surface area contributed by atoms with Crippen LogP contribution in [0.5, 0.6) is 0 Å². The molecular formula is C16H15NO4. The first-order chi connectivity index (χ1) is 10.1. The van der Waals surface area contributed by atoms with Crippen LogP contribution in [0.3, 0.4) is 0 Å². The normalized spacial score (nSPS) is 14.4. The minimum atomic E-state index is -1.17. The van der Waals surface area contributed by atoms with Gasteiger partial charge in [-0.3, -0.25) is 4.79 Å². The maximum Gasteiger partial charge on any atom is 0.371 e. The Morgan fingerprint density at radius 2 is 1.76 bits per heavy atom. The van der Waals surface area contributed by atoms with E-state index < -0.39 is 5.97 Å². The lowest BCUT2D eigenvalue weighted by Gasteiger charge is -2.19. The summed E-state index contributed by atoms with van der Waals surface area (Å²) in [5.41, 5.74) is 2.40. The molecule has 1 aromatic heterocycles. The van der Waals surface area contributed by atoms with Gasteiger partial charge in [0.15, 0.2) is 5.76 Å². The van der Waals surface area contributed by atoms with Crippen LogP contribution in [0.1, 0.15) is 38.7 Å². The molecule has 1 N–H and O–H groups in total. The van der Waals surface area contributed by atoms with Gasteiger partial charge in [-0.05, 0) is 36.1 Å². The number of aromatic carboxylic acids is 1. The third-order valence-electron chi connectivity index (χ3n) is 3.67. The number of amides is 1. The molecule has 0 bridgehead atoms. The molecule has 3 rings (SSSR count). The fourth-order valence-electron chi connectivity index (χ4n) is 2.60. The van der Waals surface area contributed by atoms with E-state index in [1.807, 2.05) is 18.2 Å². The molecule has 0 radical (unpaired) electrons. The Morgan fingerprint density at radius 3 is 2.48 bits per heavy atom. The van der Waals surface area contributed by atoms with Crippen molar-refractivity contribution in [3.8, 4) is 0 Å². The summed E-state index contributed by atoms with van der Waals surface area (Å²) in [6.07, 6.45) is 1.83. The summed E-state index contributed by atoms with van der Waals surface area (Å²) in [5, 5.41) is 8.85. The summed E-state index contributed by atoms with van der Waals surface area (Å²) in [4.78, 5) is 25.0. The van der Waals surface area contributed by atoms with Crippen molar-refractivity contribution in [3.63, 3.8) is 0 Å². The zero-order chi connectivity index (χ0) is 14.8. The van der Waals surface area contributed by atoms with E-state index in [4.69, 9.17) is 9.52 Å². The zero-order valence-corrected chi connectivity index (χ0v) is 11.4. The number of hydrogen-bond donors (Lipinski definition) is 1. The van der Waals surface area contributed by atoms with Crippen LogP contribution in [0.25, 0.3) is 0 Å². The molecule has 1 aliphatic heterocycles. The Balaban J connectivity index is 1.83. The lowest BCUT2D eigenvalue weighted by Crippen LogP contribution is -2.30. The first-order valence-electron chi connectivity index (χ1n) is 6.84.